The third kappa shape index (κ3) is 5.08. The number of nitrogens with zero attached hydrogens (tertiary/aromatic N) is 2. The van der Waals surface area contributed by atoms with Gasteiger partial charge in [-0.15, -0.1) is 0 Å². The summed E-state index contributed by atoms with van der Waals surface area (Å²) < 4.78 is 11.9. The Morgan fingerprint density at radius 3 is 2.56 bits per heavy atom. The van der Waals surface area contributed by atoms with Crippen LogP contribution < -0.4 is 15.4 Å². The Hall–Kier alpha value is -4.17. The van der Waals surface area contributed by atoms with Gasteiger partial charge in [-0.2, -0.15) is 0 Å². The van der Waals surface area contributed by atoms with Crippen LogP contribution in [0.2, 0.25) is 0 Å². The van der Waals surface area contributed by atoms with Crippen LogP contribution in [-0.2, 0) is 4.79 Å². The molecule has 2 atom stereocenters. The zero-order chi connectivity index (χ0) is 24.9. The number of hydrogen-bond donors (Lipinski definition) is 2. The maximum absolute atomic E-state index is 12.9. The van der Waals surface area contributed by atoms with Crippen LogP contribution in [0.15, 0.2) is 95.5 Å². The Morgan fingerprint density at radius 2 is 1.83 bits per heavy atom. The molecule has 2 aromatic heterocycles. The average molecular weight is 499 g/mol. The van der Waals surface area contributed by atoms with E-state index in [2.05, 4.69) is 15.6 Å². The first-order valence-electron chi connectivity index (χ1n) is 11.8. The van der Waals surface area contributed by atoms with Crippen molar-refractivity contribution in [2.75, 3.05) is 18.5 Å². The molecule has 1 fully saturated rings. The molecule has 0 aliphatic carbocycles. The van der Waals surface area contributed by atoms with Crippen molar-refractivity contribution < 1.29 is 13.9 Å². The van der Waals surface area contributed by atoms with Crippen molar-refractivity contribution in [3.63, 3.8) is 0 Å². The fourth-order valence-electron chi connectivity index (χ4n) is 4.31. The number of rotatable bonds is 8. The number of amides is 1. The number of pyridine rings is 1. The van der Waals surface area contributed by atoms with Crippen molar-refractivity contribution in [1.29, 1.82) is 0 Å². The molecule has 4 aromatic rings. The van der Waals surface area contributed by atoms with Gasteiger partial charge in [-0.1, -0.05) is 24.3 Å². The van der Waals surface area contributed by atoms with Gasteiger partial charge in [0.1, 0.15) is 29.9 Å². The minimum Gasteiger partial charge on any atom is -0.494 e. The van der Waals surface area contributed by atoms with E-state index in [1.165, 1.54) is 0 Å². The highest BCUT2D eigenvalue weighted by Gasteiger charge is 2.42. The normalized spacial score (nSPS) is 17.0. The molecule has 0 unspecified atom stereocenters. The van der Waals surface area contributed by atoms with Gasteiger partial charge in [-0.3, -0.25) is 9.78 Å². The summed E-state index contributed by atoms with van der Waals surface area (Å²) >= 11 is 5.67. The minimum atomic E-state index is -0.356. The van der Waals surface area contributed by atoms with Crippen LogP contribution in [0, 0.1) is 0 Å². The molecule has 1 aliphatic rings. The topological polar surface area (TPSA) is 79.6 Å². The molecular weight excluding hydrogens is 472 g/mol. The van der Waals surface area contributed by atoms with E-state index < -0.39 is 0 Å². The summed E-state index contributed by atoms with van der Waals surface area (Å²) in [6, 6.07) is 26.1. The highest BCUT2D eigenvalue weighted by molar-refractivity contribution is 7.80. The first-order chi connectivity index (χ1) is 17.6. The number of thiocarbonyl (C=S) groups is 1. The molecular formula is C28H26N4O3S. The lowest BCUT2D eigenvalue weighted by atomic mass is 10.0. The largest absolute Gasteiger partial charge is 0.494 e. The Balaban J connectivity index is 1.43. The van der Waals surface area contributed by atoms with E-state index in [0.717, 1.165) is 28.5 Å². The number of para-hydroxylation sites is 1. The Bertz CT molecular complexity index is 1330. The predicted octanol–water partition coefficient (Wildman–Crippen LogP) is 5.35. The van der Waals surface area contributed by atoms with Gasteiger partial charge in [0.25, 0.3) is 0 Å². The van der Waals surface area contributed by atoms with Gasteiger partial charge >= 0.3 is 0 Å². The summed E-state index contributed by atoms with van der Waals surface area (Å²) in [5, 5.41) is 6.75. The molecule has 36 heavy (non-hydrogen) atoms. The number of carbonyl (C=O) groups is 1. The van der Waals surface area contributed by atoms with Crippen LogP contribution in [0.4, 0.5) is 5.69 Å². The van der Waals surface area contributed by atoms with Crippen molar-refractivity contribution >= 4 is 28.9 Å². The Labute approximate surface area is 215 Å². The predicted molar refractivity (Wildman–Crippen MR) is 143 cm³/mol. The van der Waals surface area contributed by atoms with Crippen molar-refractivity contribution in [3.05, 3.63) is 103 Å². The van der Waals surface area contributed by atoms with Crippen LogP contribution in [-0.4, -0.2) is 34.1 Å². The average Bonchev–Trinajstić information content (AvgIpc) is 3.51. The second kappa shape index (κ2) is 10.6. The second-order valence-corrected chi connectivity index (χ2v) is 8.71. The quantitative estimate of drug-likeness (QED) is 0.317. The monoisotopic (exact) mass is 498 g/mol. The van der Waals surface area contributed by atoms with Crippen molar-refractivity contribution in [3.8, 4) is 17.1 Å². The molecule has 0 radical (unpaired) electrons. The van der Waals surface area contributed by atoms with Crippen LogP contribution in [0.5, 0.6) is 5.75 Å². The van der Waals surface area contributed by atoms with E-state index in [1.807, 2.05) is 96.8 Å². The molecule has 1 saturated heterocycles. The summed E-state index contributed by atoms with van der Waals surface area (Å²) in [5.41, 5.74) is 2.48. The van der Waals surface area contributed by atoms with Crippen LogP contribution in [0.25, 0.3) is 11.3 Å². The van der Waals surface area contributed by atoms with Gasteiger partial charge < -0.3 is 24.7 Å². The summed E-state index contributed by atoms with van der Waals surface area (Å²) in [6.45, 7) is 2.63. The Morgan fingerprint density at radius 1 is 1.06 bits per heavy atom. The lowest BCUT2D eigenvalue weighted by Gasteiger charge is -2.25. The summed E-state index contributed by atoms with van der Waals surface area (Å²) in [7, 11) is 0. The fourth-order valence-corrected chi connectivity index (χ4v) is 4.62. The van der Waals surface area contributed by atoms with Crippen LogP contribution >= 0.6 is 12.2 Å². The third-order valence-electron chi connectivity index (χ3n) is 5.94. The first kappa shape index (κ1) is 23.6. The molecule has 0 spiro atoms. The number of carbonyl (C=O) groups excluding carboxylic acids is 1. The number of nitrogens with one attached hydrogen (secondary N) is 2. The highest BCUT2D eigenvalue weighted by atomic mass is 32.1. The zero-order valence-electron chi connectivity index (χ0n) is 19.8. The lowest BCUT2D eigenvalue weighted by Crippen LogP contribution is -2.36. The van der Waals surface area contributed by atoms with Gasteiger partial charge in [0, 0.05) is 17.4 Å². The Kier molecular flexibility index (Phi) is 6.95. The summed E-state index contributed by atoms with van der Waals surface area (Å²) in [5.74, 6) is 2.05. The molecule has 1 amide bonds. The highest BCUT2D eigenvalue weighted by Crippen LogP contribution is 2.40. The van der Waals surface area contributed by atoms with Crippen molar-refractivity contribution in [2.45, 2.75) is 19.0 Å². The molecule has 1 aliphatic heterocycles. The minimum absolute atomic E-state index is 0.0633. The van der Waals surface area contributed by atoms with Crippen molar-refractivity contribution in [1.82, 2.24) is 15.2 Å². The number of aromatic nitrogens is 1. The van der Waals surface area contributed by atoms with E-state index in [-0.39, 0.29) is 24.5 Å². The molecule has 0 saturated carbocycles. The van der Waals surface area contributed by atoms with Gasteiger partial charge in [0.15, 0.2) is 5.11 Å². The van der Waals surface area contributed by atoms with E-state index >= 15 is 0 Å². The second-order valence-electron chi connectivity index (χ2n) is 8.33. The zero-order valence-corrected chi connectivity index (χ0v) is 20.6. The van der Waals surface area contributed by atoms with Gasteiger partial charge in [-0.05, 0) is 79.8 Å². The molecule has 0 bridgehead atoms. The molecule has 5 rings (SSSR count). The number of furan rings is 1. The molecule has 7 nitrogen and oxygen atoms in total. The number of hydrogen-bond acceptors (Lipinski definition) is 5. The molecule has 2 aromatic carbocycles. The van der Waals surface area contributed by atoms with E-state index in [9.17, 15) is 4.79 Å². The molecule has 3 heterocycles. The molecule has 182 valence electrons. The first-order valence-corrected chi connectivity index (χ1v) is 12.2. The standard InChI is InChI=1S/C28H26N4O3S/c1-2-34-21-13-11-19(12-14-21)23-15-16-24(35-23)27-26(22-10-6-7-17-29-22)31-28(36)32(27)18-25(33)30-20-8-4-3-5-9-20/h3-17,26-27H,2,18H2,1H3,(H,30,33)(H,31,36)/t26-,27+/m0/s1. The number of ether oxygens (including phenoxy) is 1. The summed E-state index contributed by atoms with van der Waals surface area (Å²) in [4.78, 5) is 19.3. The van der Waals surface area contributed by atoms with Gasteiger partial charge in [0.2, 0.25) is 5.91 Å². The van der Waals surface area contributed by atoms with E-state index in [1.54, 1.807) is 6.20 Å². The van der Waals surface area contributed by atoms with E-state index in [0.29, 0.717) is 17.5 Å². The lowest BCUT2D eigenvalue weighted by molar-refractivity contribution is -0.116. The SMILES string of the molecule is CCOc1ccc(-c2ccc([C@@H]3[C@H](c4ccccn4)NC(=S)N3CC(=O)Nc3ccccc3)o2)cc1. The molecule has 2 N–H and O–H groups in total. The smallest absolute Gasteiger partial charge is 0.244 e. The molecule has 8 heteroatoms. The number of anilines is 1. The number of benzene rings is 2. The summed E-state index contributed by atoms with van der Waals surface area (Å²) in [6.07, 6.45) is 1.75. The third-order valence-corrected chi connectivity index (χ3v) is 6.29. The van der Waals surface area contributed by atoms with Crippen LogP contribution in [0.3, 0.4) is 0 Å². The van der Waals surface area contributed by atoms with Gasteiger partial charge in [0.05, 0.1) is 18.3 Å². The van der Waals surface area contributed by atoms with Gasteiger partial charge in [-0.25, -0.2) is 0 Å². The fraction of sp³-hybridized carbons (Fsp3) is 0.179. The van der Waals surface area contributed by atoms with Crippen LogP contribution in [0.1, 0.15) is 30.5 Å². The maximum Gasteiger partial charge on any atom is 0.244 e. The van der Waals surface area contributed by atoms with Crippen molar-refractivity contribution in [2.24, 2.45) is 0 Å². The van der Waals surface area contributed by atoms with E-state index in [4.69, 9.17) is 21.4 Å². The maximum atomic E-state index is 12.9.